The summed E-state index contributed by atoms with van der Waals surface area (Å²) >= 11 is 7.16. The van der Waals surface area contributed by atoms with Crippen LogP contribution in [0.3, 0.4) is 0 Å². The molecule has 126 valence electrons. The third kappa shape index (κ3) is 3.33. The summed E-state index contributed by atoms with van der Waals surface area (Å²) < 4.78 is 1.24. The van der Waals surface area contributed by atoms with E-state index >= 15 is 0 Å². The second-order valence-electron chi connectivity index (χ2n) is 7.64. The fraction of sp³-hybridized carbons (Fsp3) is 0.812. The molecule has 2 unspecified atom stereocenters. The lowest BCUT2D eigenvalue weighted by Gasteiger charge is -2.60. The maximum atomic E-state index is 12.6. The van der Waals surface area contributed by atoms with Crippen LogP contribution in [0.15, 0.2) is 4.34 Å². The van der Waals surface area contributed by atoms with Crippen LogP contribution in [-0.4, -0.2) is 26.2 Å². The van der Waals surface area contributed by atoms with Crippen LogP contribution in [0.5, 0.6) is 0 Å². The highest BCUT2D eigenvalue weighted by Gasteiger charge is 2.57. The largest absolute Gasteiger partial charge is 0.300 e. The van der Waals surface area contributed by atoms with Crippen LogP contribution in [0.2, 0.25) is 0 Å². The van der Waals surface area contributed by atoms with E-state index in [2.05, 4.69) is 38.4 Å². The predicted octanol–water partition coefficient (Wildman–Crippen LogP) is 4.71. The average molecular weight is 416 g/mol. The van der Waals surface area contributed by atoms with Crippen LogP contribution >= 0.6 is 39.0 Å². The number of rotatable bonds is 5. The molecule has 1 aromatic heterocycles. The van der Waals surface area contributed by atoms with Crippen LogP contribution in [-0.2, 0) is 4.79 Å². The SMILES string of the molecule is CCSc1nnc(NC(=O)CC23C[C@@H]4C[C@@H](CC(Br)(C4)C2)C3)s1. The van der Waals surface area contributed by atoms with Crippen molar-refractivity contribution in [2.75, 3.05) is 11.1 Å². The number of carbonyl (C=O) groups is 1. The Morgan fingerprint density at radius 2 is 2.09 bits per heavy atom. The first-order valence-electron chi connectivity index (χ1n) is 8.43. The summed E-state index contributed by atoms with van der Waals surface area (Å²) in [5.74, 6) is 2.73. The van der Waals surface area contributed by atoms with Crippen molar-refractivity contribution in [3.05, 3.63) is 0 Å². The Hall–Kier alpha value is -0.140. The molecule has 4 fully saturated rings. The minimum absolute atomic E-state index is 0.118. The first-order chi connectivity index (χ1) is 11.0. The Kier molecular flexibility index (Phi) is 4.25. The summed E-state index contributed by atoms with van der Waals surface area (Å²) in [5.41, 5.74) is 0.212. The number of hydrogen-bond acceptors (Lipinski definition) is 5. The topological polar surface area (TPSA) is 54.9 Å². The van der Waals surface area contributed by atoms with Crippen LogP contribution in [0, 0.1) is 17.3 Å². The highest BCUT2D eigenvalue weighted by Crippen LogP contribution is 2.65. The summed E-state index contributed by atoms with van der Waals surface area (Å²) in [6, 6.07) is 0. The molecular formula is C16H22BrN3OS2. The van der Waals surface area contributed by atoms with Crippen molar-refractivity contribution < 1.29 is 4.79 Å². The van der Waals surface area contributed by atoms with E-state index in [1.54, 1.807) is 11.8 Å². The molecule has 0 aromatic carbocycles. The van der Waals surface area contributed by atoms with Crippen LogP contribution in [0.4, 0.5) is 5.13 Å². The number of carbonyl (C=O) groups excluding carboxylic acids is 1. The second-order valence-corrected chi connectivity index (χ2v) is 11.8. The number of hydrogen-bond donors (Lipinski definition) is 1. The molecule has 4 atom stereocenters. The second kappa shape index (κ2) is 5.99. The molecule has 1 heterocycles. The molecule has 1 N–H and O–H groups in total. The van der Waals surface area contributed by atoms with E-state index in [1.807, 2.05) is 0 Å². The van der Waals surface area contributed by atoms with E-state index in [1.165, 1.54) is 43.4 Å². The van der Waals surface area contributed by atoms with Gasteiger partial charge in [0.2, 0.25) is 11.0 Å². The normalized spacial score (nSPS) is 38.0. The van der Waals surface area contributed by atoms with Gasteiger partial charge in [0.15, 0.2) is 4.34 Å². The van der Waals surface area contributed by atoms with Gasteiger partial charge < -0.3 is 5.32 Å². The molecule has 0 saturated heterocycles. The highest BCUT2D eigenvalue weighted by molar-refractivity contribution is 9.10. The first-order valence-corrected chi connectivity index (χ1v) is 11.0. The lowest BCUT2D eigenvalue weighted by Crippen LogP contribution is -2.53. The summed E-state index contributed by atoms with van der Waals surface area (Å²) in [7, 11) is 0. The zero-order chi connectivity index (χ0) is 16.1. The Morgan fingerprint density at radius 3 is 2.74 bits per heavy atom. The van der Waals surface area contributed by atoms with Gasteiger partial charge in [0, 0.05) is 10.7 Å². The van der Waals surface area contributed by atoms with Crippen molar-refractivity contribution in [3.8, 4) is 0 Å². The summed E-state index contributed by atoms with van der Waals surface area (Å²) in [6.07, 6.45) is 8.26. The fourth-order valence-electron chi connectivity index (χ4n) is 5.49. The minimum atomic E-state index is 0.118. The number of amides is 1. The first kappa shape index (κ1) is 16.3. The molecular weight excluding hydrogens is 394 g/mol. The van der Waals surface area contributed by atoms with Crippen molar-refractivity contribution in [2.45, 2.75) is 60.5 Å². The predicted molar refractivity (Wildman–Crippen MR) is 98.3 cm³/mol. The maximum absolute atomic E-state index is 12.6. The molecule has 4 bridgehead atoms. The van der Waals surface area contributed by atoms with Gasteiger partial charge >= 0.3 is 0 Å². The molecule has 4 aliphatic carbocycles. The minimum Gasteiger partial charge on any atom is -0.300 e. The van der Waals surface area contributed by atoms with Crippen molar-refractivity contribution in [3.63, 3.8) is 0 Å². The number of aromatic nitrogens is 2. The van der Waals surface area contributed by atoms with E-state index in [9.17, 15) is 4.79 Å². The fourth-order valence-corrected chi connectivity index (χ4v) is 8.66. The number of anilines is 1. The molecule has 0 aliphatic heterocycles. The Bertz CT molecular complexity index is 606. The number of nitrogens with one attached hydrogen (secondary N) is 1. The van der Waals surface area contributed by atoms with Gasteiger partial charge in [-0.05, 0) is 61.5 Å². The molecule has 23 heavy (non-hydrogen) atoms. The number of thioether (sulfide) groups is 1. The molecule has 4 saturated carbocycles. The molecule has 1 amide bonds. The van der Waals surface area contributed by atoms with Crippen molar-refractivity contribution in [2.24, 2.45) is 17.3 Å². The van der Waals surface area contributed by atoms with E-state index in [4.69, 9.17) is 0 Å². The smallest absolute Gasteiger partial charge is 0.226 e. The van der Waals surface area contributed by atoms with Gasteiger partial charge in [-0.15, -0.1) is 10.2 Å². The number of nitrogens with zero attached hydrogens (tertiary/aromatic N) is 2. The van der Waals surface area contributed by atoms with Gasteiger partial charge in [-0.25, -0.2) is 0 Å². The van der Waals surface area contributed by atoms with Gasteiger partial charge in [0.1, 0.15) is 0 Å². The van der Waals surface area contributed by atoms with Crippen LogP contribution < -0.4 is 5.32 Å². The third-order valence-electron chi connectivity index (χ3n) is 5.57. The van der Waals surface area contributed by atoms with Gasteiger partial charge in [-0.1, -0.05) is 46.0 Å². The molecule has 4 aliphatic rings. The Labute approximate surface area is 153 Å². The van der Waals surface area contributed by atoms with Gasteiger partial charge in [0.25, 0.3) is 0 Å². The summed E-state index contributed by atoms with van der Waals surface area (Å²) in [6.45, 7) is 2.09. The highest BCUT2D eigenvalue weighted by atomic mass is 79.9. The maximum Gasteiger partial charge on any atom is 0.226 e. The lowest BCUT2D eigenvalue weighted by molar-refractivity contribution is -0.123. The van der Waals surface area contributed by atoms with E-state index < -0.39 is 0 Å². The molecule has 1 aromatic rings. The molecule has 0 spiro atoms. The summed E-state index contributed by atoms with van der Waals surface area (Å²) in [4.78, 5) is 12.6. The number of halogens is 1. The summed E-state index contributed by atoms with van der Waals surface area (Å²) in [5, 5.41) is 11.8. The zero-order valence-electron chi connectivity index (χ0n) is 13.3. The molecule has 4 nitrogen and oxygen atoms in total. The van der Waals surface area contributed by atoms with E-state index in [0.29, 0.717) is 15.9 Å². The van der Waals surface area contributed by atoms with Crippen molar-refractivity contribution in [1.29, 1.82) is 0 Å². The van der Waals surface area contributed by atoms with Gasteiger partial charge in [-0.3, -0.25) is 4.79 Å². The molecule has 7 heteroatoms. The molecule has 5 rings (SSSR count). The van der Waals surface area contributed by atoms with Crippen molar-refractivity contribution in [1.82, 2.24) is 10.2 Å². The zero-order valence-corrected chi connectivity index (χ0v) is 16.5. The number of alkyl halides is 1. The third-order valence-corrected chi connectivity index (χ3v) is 8.35. The average Bonchev–Trinajstić information content (AvgIpc) is 2.82. The van der Waals surface area contributed by atoms with E-state index in [0.717, 1.165) is 28.3 Å². The lowest BCUT2D eigenvalue weighted by atomic mass is 9.48. The quantitative estimate of drug-likeness (QED) is 0.429. The Morgan fingerprint density at radius 1 is 1.35 bits per heavy atom. The van der Waals surface area contributed by atoms with Gasteiger partial charge in [0.05, 0.1) is 0 Å². The van der Waals surface area contributed by atoms with Crippen LogP contribution in [0.1, 0.15) is 51.9 Å². The Balaban J connectivity index is 1.42. The van der Waals surface area contributed by atoms with E-state index in [-0.39, 0.29) is 11.3 Å². The van der Waals surface area contributed by atoms with Gasteiger partial charge in [-0.2, -0.15) is 0 Å². The van der Waals surface area contributed by atoms with Crippen LogP contribution in [0.25, 0.3) is 0 Å². The standard InChI is InChI=1S/C16H22BrN3OS2/c1-2-22-14-20-19-13(23-14)18-12(21)8-15-4-10-3-11(5-15)7-16(17,6-10)9-15/h10-11H,2-9H2,1H3,(H,18,19,21)/t10-,11+,15?,16?. The monoisotopic (exact) mass is 415 g/mol. The van der Waals surface area contributed by atoms with Crippen molar-refractivity contribution >= 4 is 50.1 Å². The molecule has 0 radical (unpaired) electrons.